The number of aliphatic hydroxyl groups is 1. The lowest BCUT2D eigenvalue weighted by atomic mass is 9.53. The molecular formula is C45H41ClFN7O9. The Labute approximate surface area is 362 Å². The number of aryl methyl sites for hydroxylation is 2. The fourth-order valence-corrected chi connectivity index (χ4v) is 9.67. The highest BCUT2D eigenvalue weighted by Gasteiger charge is 2.68. The van der Waals surface area contributed by atoms with Gasteiger partial charge in [-0.05, 0) is 71.7 Å². The molecular weight excluding hydrogens is 837 g/mol. The van der Waals surface area contributed by atoms with E-state index in [1.807, 2.05) is 6.08 Å². The minimum atomic E-state index is -1.60. The maximum atomic E-state index is 15.4. The number of benzene rings is 4. The van der Waals surface area contributed by atoms with Crippen LogP contribution in [0.1, 0.15) is 35.2 Å². The maximum Gasteiger partial charge on any atom is 0.347 e. The van der Waals surface area contributed by atoms with Crippen molar-refractivity contribution >= 4 is 40.1 Å². The maximum absolute atomic E-state index is 15.4. The second kappa shape index (κ2) is 16.0. The number of fused-ring (bicyclic) bond motifs is 5. The molecule has 2 aliphatic heterocycles. The molecule has 4 aromatic carbocycles. The number of rotatable bonds is 12. The lowest BCUT2D eigenvalue weighted by Crippen LogP contribution is -2.53. The molecule has 9 rings (SSSR count). The van der Waals surface area contributed by atoms with Gasteiger partial charge in [-0.2, -0.15) is 5.01 Å². The van der Waals surface area contributed by atoms with Gasteiger partial charge in [0.15, 0.2) is 11.5 Å². The van der Waals surface area contributed by atoms with E-state index in [1.54, 1.807) is 67.7 Å². The Morgan fingerprint density at radius 3 is 2.30 bits per heavy atom. The molecule has 18 heteroatoms. The molecule has 2 N–H and O–H groups in total. The van der Waals surface area contributed by atoms with E-state index in [1.165, 1.54) is 52.4 Å². The third kappa shape index (κ3) is 6.61. The van der Waals surface area contributed by atoms with Gasteiger partial charge in [-0.15, -0.1) is 0 Å². The van der Waals surface area contributed by atoms with Crippen LogP contribution in [0.3, 0.4) is 0 Å². The minimum absolute atomic E-state index is 0.0419. The van der Waals surface area contributed by atoms with Gasteiger partial charge in [0.25, 0.3) is 17.4 Å². The molecule has 2 fully saturated rings. The summed E-state index contributed by atoms with van der Waals surface area (Å²) < 4.78 is 35.6. The number of halogens is 2. The summed E-state index contributed by atoms with van der Waals surface area (Å²) in [5.41, 5.74) is 2.72. The summed E-state index contributed by atoms with van der Waals surface area (Å²) in [5, 5.41) is 10.8. The summed E-state index contributed by atoms with van der Waals surface area (Å²) in [4.78, 5) is 77.3. The molecule has 6 aromatic rings. The number of imide groups is 1. The van der Waals surface area contributed by atoms with E-state index in [4.69, 9.17) is 25.8 Å². The Balaban J connectivity index is 1.16. The fraction of sp³-hybridized carbons (Fsp3) is 0.289. The van der Waals surface area contributed by atoms with Crippen LogP contribution in [0.15, 0.2) is 111 Å². The number of amides is 2. The number of carbonyl (C=O) groups is 2. The highest BCUT2D eigenvalue weighted by molar-refractivity contribution is 6.30. The van der Waals surface area contributed by atoms with E-state index >= 15 is 4.79 Å². The summed E-state index contributed by atoms with van der Waals surface area (Å²) in [6.07, 6.45) is 1.71. The van der Waals surface area contributed by atoms with Gasteiger partial charge < -0.3 is 23.9 Å². The fourth-order valence-electron chi connectivity index (χ4n) is 9.54. The van der Waals surface area contributed by atoms with E-state index in [0.717, 1.165) is 9.58 Å². The van der Waals surface area contributed by atoms with E-state index < -0.39 is 57.9 Å². The van der Waals surface area contributed by atoms with Crippen molar-refractivity contribution in [1.82, 2.24) is 28.5 Å². The van der Waals surface area contributed by atoms with Gasteiger partial charge in [-0.3, -0.25) is 19.8 Å². The standard InChI is InChI=1S/C45H41ClFN7O9/c1-50-36-24-38(62-3)37(61-2)23-34(36)48-33(41(50)57)17-18-51-43(59)52-19-16-31-35(54(52)44(51)60)22-32-40(56)53(49-29-12-10-28(47)11-13-29)42(58)45(32,26-6-8-27(46)9-7-26)39(31)25-4-14-30(15-5-25)63-21-20-55/h4-16,23-24,32,35,39,49,55H,17-22H2,1-3H3. The third-order valence-corrected chi connectivity index (χ3v) is 12.6. The molecule has 324 valence electrons. The summed E-state index contributed by atoms with van der Waals surface area (Å²) >= 11 is 6.40. The van der Waals surface area contributed by atoms with Crippen molar-refractivity contribution in [3.63, 3.8) is 0 Å². The highest BCUT2D eigenvalue weighted by atomic mass is 35.5. The molecule has 1 saturated carbocycles. The molecule has 0 bridgehead atoms. The van der Waals surface area contributed by atoms with Gasteiger partial charge in [0, 0.05) is 43.1 Å². The van der Waals surface area contributed by atoms with Crippen LogP contribution in [0.5, 0.6) is 17.2 Å². The van der Waals surface area contributed by atoms with E-state index in [0.29, 0.717) is 55.7 Å². The average Bonchev–Trinajstić information content (AvgIpc) is 3.66. The molecule has 4 heterocycles. The first-order valence-electron chi connectivity index (χ1n) is 20.1. The Kier molecular flexibility index (Phi) is 10.5. The molecule has 63 heavy (non-hydrogen) atoms. The second-order valence-electron chi connectivity index (χ2n) is 15.6. The third-order valence-electron chi connectivity index (χ3n) is 12.4. The van der Waals surface area contributed by atoms with Crippen molar-refractivity contribution in [2.75, 3.05) is 32.9 Å². The van der Waals surface area contributed by atoms with Crippen molar-refractivity contribution in [2.24, 2.45) is 13.0 Å². The number of aromatic nitrogens is 5. The van der Waals surface area contributed by atoms with Crippen molar-refractivity contribution < 1.29 is 33.3 Å². The Bertz CT molecular complexity index is 3020. The second-order valence-corrected chi connectivity index (χ2v) is 16.0. The highest BCUT2D eigenvalue weighted by Crippen LogP contribution is 2.62. The average molecular weight is 878 g/mol. The number of hydrogen-bond acceptors (Lipinski definition) is 11. The van der Waals surface area contributed by atoms with E-state index in [-0.39, 0.29) is 44.8 Å². The predicted octanol–water partition coefficient (Wildman–Crippen LogP) is 4.10. The number of carbonyl (C=O) groups excluding carboxylic acids is 2. The molecule has 4 unspecified atom stereocenters. The molecule has 4 atom stereocenters. The lowest BCUT2D eigenvalue weighted by Gasteiger charge is -2.49. The van der Waals surface area contributed by atoms with Gasteiger partial charge >= 0.3 is 11.4 Å². The Morgan fingerprint density at radius 2 is 1.62 bits per heavy atom. The first kappa shape index (κ1) is 41.4. The zero-order valence-electron chi connectivity index (χ0n) is 34.3. The van der Waals surface area contributed by atoms with Crippen LogP contribution >= 0.6 is 11.6 Å². The van der Waals surface area contributed by atoms with Crippen molar-refractivity contribution in [3.05, 3.63) is 156 Å². The summed E-state index contributed by atoms with van der Waals surface area (Å²) in [5.74, 6) is -2.38. The number of ether oxygens (including phenoxy) is 3. The SMILES string of the molecule is COc1cc2nc(CCn3c(=O)n4n(c3=O)C3CC5C(=O)N(Nc6ccc(F)cc6)C(=O)C5(c5ccc(Cl)cc5)C(c5ccc(OCCO)cc5)C3=CC4)c(=O)n(C)c2cc1OC. The van der Waals surface area contributed by atoms with E-state index in [2.05, 4.69) is 10.4 Å². The quantitative estimate of drug-likeness (QED) is 0.134. The van der Waals surface area contributed by atoms with Gasteiger partial charge in [-0.25, -0.2) is 32.9 Å². The van der Waals surface area contributed by atoms with Gasteiger partial charge in [-0.1, -0.05) is 41.9 Å². The lowest BCUT2D eigenvalue weighted by molar-refractivity contribution is -0.138. The number of aliphatic hydroxyl groups excluding tert-OH is 1. The van der Waals surface area contributed by atoms with Crippen LogP contribution in [0, 0.1) is 11.7 Å². The van der Waals surface area contributed by atoms with Crippen LogP contribution in [0.4, 0.5) is 10.1 Å². The topological polar surface area (TPSA) is 181 Å². The molecule has 3 aliphatic rings. The smallest absolute Gasteiger partial charge is 0.347 e. The minimum Gasteiger partial charge on any atom is -0.493 e. The van der Waals surface area contributed by atoms with Gasteiger partial charge in [0.2, 0.25) is 0 Å². The summed E-state index contributed by atoms with van der Waals surface area (Å²) in [7, 11) is 4.57. The monoisotopic (exact) mass is 877 g/mol. The number of hydrogen-bond donors (Lipinski definition) is 2. The number of anilines is 1. The summed E-state index contributed by atoms with van der Waals surface area (Å²) in [6.45, 7) is -0.377. The number of methoxy groups -OCH3 is 2. The number of nitrogens with zero attached hydrogens (tertiary/aromatic N) is 6. The largest absolute Gasteiger partial charge is 0.493 e. The molecule has 2 amide bonds. The Morgan fingerprint density at radius 1 is 0.921 bits per heavy atom. The Hall–Kier alpha value is -6.98. The van der Waals surface area contributed by atoms with Crippen molar-refractivity contribution in [1.29, 1.82) is 0 Å². The van der Waals surface area contributed by atoms with Crippen LogP contribution in [-0.4, -0.2) is 72.8 Å². The zero-order valence-corrected chi connectivity index (χ0v) is 35.0. The first-order chi connectivity index (χ1) is 30.4. The van der Waals surface area contributed by atoms with Crippen LogP contribution in [0.2, 0.25) is 5.02 Å². The molecule has 2 aromatic heterocycles. The van der Waals surface area contributed by atoms with Crippen LogP contribution < -0.4 is 36.6 Å². The van der Waals surface area contributed by atoms with Gasteiger partial charge in [0.1, 0.15) is 23.9 Å². The number of nitrogens with one attached hydrogen (secondary N) is 1. The molecule has 1 saturated heterocycles. The number of allylic oxidation sites excluding steroid dienone is 2. The van der Waals surface area contributed by atoms with Gasteiger partial charge in [0.05, 0.1) is 61.5 Å². The predicted molar refractivity (Wildman–Crippen MR) is 229 cm³/mol. The summed E-state index contributed by atoms with van der Waals surface area (Å²) in [6, 6.07) is 21.3. The normalized spacial score (nSPS) is 20.3. The molecule has 1 aliphatic carbocycles. The number of hydrazine groups is 1. The van der Waals surface area contributed by atoms with Crippen molar-refractivity contribution in [2.45, 2.75) is 43.3 Å². The van der Waals surface area contributed by atoms with E-state index in [9.17, 15) is 28.7 Å². The molecule has 0 radical (unpaired) electrons. The zero-order chi connectivity index (χ0) is 44.3. The first-order valence-corrected chi connectivity index (χ1v) is 20.5. The van der Waals surface area contributed by atoms with Crippen molar-refractivity contribution in [3.8, 4) is 17.2 Å². The molecule has 16 nitrogen and oxygen atoms in total. The van der Waals surface area contributed by atoms with Crippen LogP contribution in [0.25, 0.3) is 11.0 Å². The molecule has 0 spiro atoms. The van der Waals surface area contributed by atoms with Crippen LogP contribution in [-0.2, 0) is 41.6 Å².